The van der Waals surface area contributed by atoms with E-state index in [1.807, 2.05) is 13.8 Å². The molecule has 7 heteroatoms. The van der Waals surface area contributed by atoms with Gasteiger partial charge in [-0.2, -0.15) is 13.2 Å². The molecule has 0 spiro atoms. The van der Waals surface area contributed by atoms with Crippen LogP contribution in [0.25, 0.3) is 0 Å². The molecule has 0 radical (unpaired) electrons. The van der Waals surface area contributed by atoms with Crippen molar-refractivity contribution in [1.82, 2.24) is 5.32 Å². The summed E-state index contributed by atoms with van der Waals surface area (Å²) in [6.45, 7) is 4.35. The highest BCUT2D eigenvalue weighted by Crippen LogP contribution is 2.28. The van der Waals surface area contributed by atoms with Crippen LogP contribution in [0.4, 0.5) is 13.2 Å². The lowest BCUT2D eigenvalue weighted by Crippen LogP contribution is -2.34. The predicted molar refractivity (Wildman–Crippen MR) is 75.6 cm³/mol. The molecule has 0 aliphatic carbocycles. The molecule has 0 aliphatic heterocycles. The second kappa shape index (κ2) is 7.87. The lowest BCUT2D eigenvalue weighted by molar-refractivity contribution is -0.210. The summed E-state index contributed by atoms with van der Waals surface area (Å²) in [6.07, 6.45) is -7.22. The van der Waals surface area contributed by atoms with E-state index in [9.17, 15) is 13.2 Å². The highest BCUT2D eigenvalue weighted by Gasteiger charge is 2.38. The van der Waals surface area contributed by atoms with Crippen LogP contribution in [0.2, 0.25) is 5.02 Å². The predicted octanol–water partition coefficient (Wildman–Crippen LogP) is 3.39. The molecule has 0 fully saturated rings. The van der Waals surface area contributed by atoms with Gasteiger partial charge in [0.05, 0.1) is 0 Å². The largest absolute Gasteiger partial charge is 0.490 e. The first-order valence-corrected chi connectivity index (χ1v) is 6.95. The molecule has 2 N–H and O–H groups in total. The number of hydrogen-bond donors (Lipinski definition) is 2. The monoisotopic (exact) mass is 325 g/mol. The Hall–Kier alpha value is -0.980. The van der Waals surface area contributed by atoms with Crippen molar-refractivity contribution in [3.63, 3.8) is 0 Å². The van der Waals surface area contributed by atoms with E-state index < -0.39 is 18.9 Å². The van der Waals surface area contributed by atoms with E-state index in [0.717, 1.165) is 6.54 Å². The molecule has 1 atom stereocenters. The van der Waals surface area contributed by atoms with Gasteiger partial charge in [0.1, 0.15) is 12.4 Å². The maximum atomic E-state index is 12.3. The minimum absolute atomic E-state index is 0.238. The molecule has 0 saturated carbocycles. The van der Waals surface area contributed by atoms with Crippen molar-refractivity contribution < 1.29 is 23.0 Å². The van der Waals surface area contributed by atoms with Gasteiger partial charge in [-0.05, 0) is 24.6 Å². The third-order valence-corrected chi connectivity index (χ3v) is 3.06. The minimum Gasteiger partial charge on any atom is -0.490 e. The SMILES string of the molecule is CC(C)CNCc1c(Cl)cccc1OCC(O)C(F)(F)F. The fourth-order valence-corrected chi connectivity index (χ4v) is 1.83. The van der Waals surface area contributed by atoms with Crippen LogP contribution in [-0.4, -0.2) is 30.5 Å². The van der Waals surface area contributed by atoms with Gasteiger partial charge < -0.3 is 15.2 Å². The Morgan fingerprint density at radius 3 is 2.57 bits per heavy atom. The highest BCUT2D eigenvalue weighted by molar-refractivity contribution is 6.31. The quantitative estimate of drug-likeness (QED) is 0.807. The van der Waals surface area contributed by atoms with Gasteiger partial charge in [-0.3, -0.25) is 0 Å². The van der Waals surface area contributed by atoms with Crippen molar-refractivity contribution in [3.05, 3.63) is 28.8 Å². The summed E-state index contributed by atoms with van der Waals surface area (Å²) in [7, 11) is 0. The molecule has 0 amide bonds. The molecular formula is C14H19ClF3NO2. The van der Waals surface area contributed by atoms with Crippen molar-refractivity contribution in [1.29, 1.82) is 0 Å². The van der Waals surface area contributed by atoms with Crippen molar-refractivity contribution in [2.24, 2.45) is 5.92 Å². The van der Waals surface area contributed by atoms with E-state index in [2.05, 4.69) is 5.32 Å². The number of aliphatic hydroxyl groups excluding tert-OH is 1. The zero-order chi connectivity index (χ0) is 16.0. The fraction of sp³-hybridized carbons (Fsp3) is 0.571. The van der Waals surface area contributed by atoms with E-state index in [1.54, 1.807) is 12.1 Å². The van der Waals surface area contributed by atoms with Gasteiger partial charge in [-0.15, -0.1) is 0 Å². The second-order valence-electron chi connectivity index (χ2n) is 5.11. The summed E-state index contributed by atoms with van der Waals surface area (Å²) >= 11 is 6.05. The molecule has 1 aromatic rings. The van der Waals surface area contributed by atoms with E-state index in [4.69, 9.17) is 21.4 Å². The maximum Gasteiger partial charge on any atom is 0.417 e. The van der Waals surface area contributed by atoms with E-state index in [-0.39, 0.29) is 5.75 Å². The molecule has 0 heterocycles. The average Bonchev–Trinajstić information content (AvgIpc) is 2.36. The maximum absolute atomic E-state index is 12.3. The number of benzene rings is 1. The van der Waals surface area contributed by atoms with Crippen LogP contribution < -0.4 is 10.1 Å². The molecule has 0 aliphatic rings. The summed E-state index contributed by atoms with van der Waals surface area (Å²) in [4.78, 5) is 0. The van der Waals surface area contributed by atoms with Gasteiger partial charge in [-0.1, -0.05) is 31.5 Å². The fourth-order valence-electron chi connectivity index (χ4n) is 1.59. The summed E-state index contributed by atoms with van der Waals surface area (Å²) in [6, 6.07) is 4.76. The number of alkyl halides is 3. The lowest BCUT2D eigenvalue weighted by atomic mass is 10.1. The smallest absolute Gasteiger partial charge is 0.417 e. The Morgan fingerprint density at radius 1 is 1.33 bits per heavy atom. The second-order valence-corrected chi connectivity index (χ2v) is 5.52. The summed E-state index contributed by atoms with van der Waals surface area (Å²) < 4.78 is 41.8. The number of nitrogens with one attached hydrogen (secondary N) is 1. The molecule has 1 unspecified atom stereocenters. The minimum atomic E-state index is -4.70. The van der Waals surface area contributed by atoms with Gasteiger partial charge in [0.15, 0.2) is 6.10 Å². The van der Waals surface area contributed by atoms with Gasteiger partial charge in [0.2, 0.25) is 0 Å². The Balaban J connectivity index is 2.71. The Kier molecular flexibility index (Phi) is 6.77. The first kappa shape index (κ1) is 18.1. The van der Waals surface area contributed by atoms with Gasteiger partial charge in [0.25, 0.3) is 0 Å². The number of rotatable bonds is 7. The van der Waals surface area contributed by atoms with E-state index >= 15 is 0 Å². The third kappa shape index (κ3) is 6.11. The summed E-state index contributed by atoms with van der Waals surface area (Å²) in [5.74, 6) is 0.672. The zero-order valence-electron chi connectivity index (χ0n) is 11.9. The standard InChI is InChI=1S/C14H19ClF3NO2/c1-9(2)6-19-7-10-11(15)4-3-5-12(10)21-8-13(20)14(16,17)18/h3-5,9,13,19-20H,6-8H2,1-2H3. The van der Waals surface area contributed by atoms with Crippen LogP contribution in [0.15, 0.2) is 18.2 Å². The molecule has 0 bridgehead atoms. The van der Waals surface area contributed by atoms with Crippen molar-refractivity contribution in [3.8, 4) is 5.75 Å². The summed E-state index contributed by atoms with van der Waals surface area (Å²) in [5, 5.41) is 12.5. The van der Waals surface area contributed by atoms with Crippen molar-refractivity contribution in [2.75, 3.05) is 13.2 Å². The molecule has 0 aromatic heterocycles. The highest BCUT2D eigenvalue weighted by atomic mass is 35.5. The van der Waals surface area contributed by atoms with Crippen molar-refractivity contribution in [2.45, 2.75) is 32.7 Å². The molecule has 1 aromatic carbocycles. The van der Waals surface area contributed by atoms with Crippen LogP contribution in [0.1, 0.15) is 19.4 Å². The average molecular weight is 326 g/mol. The number of aliphatic hydroxyl groups is 1. The Labute approximate surface area is 127 Å². The molecular weight excluding hydrogens is 307 g/mol. The van der Waals surface area contributed by atoms with Crippen LogP contribution in [0, 0.1) is 5.92 Å². The number of ether oxygens (including phenoxy) is 1. The van der Waals surface area contributed by atoms with Crippen LogP contribution in [0.5, 0.6) is 5.75 Å². The molecule has 21 heavy (non-hydrogen) atoms. The van der Waals surface area contributed by atoms with Gasteiger partial charge in [-0.25, -0.2) is 0 Å². The van der Waals surface area contributed by atoms with Crippen LogP contribution >= 0.6 is 11.6 Å². The zero-order valence-corrected chi connectivity index (χ0v) is 12.6. The molecule has 3 nitrogen and oxygen atoms in total. The topological polar surface area (TPSA) is 41.5 Å². The van der Waals surface area contributed by atoms with Crippen molar-refractivity contribution >= 4 is 11.6 Å². The Bertz CT molecular complexity index is 452. The first-order valence-electron chi connectivity index (χ1n) is 6.57. The molecule has 120 valence electrons. The van der Waals surface area contributed by atoms with Gasteiger partial charge >= 0.3 is 6.18 Å². The van der Waals surface area contributed by atoms with E-state index in [1.165, 1.54) is 6.07 Å². The van der Waals surface area contributed by atoms with E-state index in [0.29, 0.717) is 23.0 Å². The van der Waals surface area contributed by atoms with Crippen LogP contribution in [-0.2, 0) is 6.54 Å². The normalized spacial score (nSPS) is 13.5. The first-order chi connectivity index (χ1) is 9.71. The molecule has 1 rings (SSSR count). The third-order valence-electron chi connectivity index (χ3n) is 2.70. The lowest BCUT2D eigenvalue weighted by Gasteiger charge is -2.18. The van der Waals surface area contributed by atoms with Gasteiger partial charge in [0, 0.05) is 17.1 Å². The number of halogens is 4. The summed E-state index contributed by atoms with van der Waals surface area (Å²) in [5.41, 5.74) is 0.578. The van der Waals surface area contributed by atoms with Crippen LogP contribution in [0.3, 0.4) is 0 Å². The number of hydrogen-bond acceptors (Lipinski definition) is 3. The Morgan fingerprint density at radius 2 is 2.00 bits per heavy atom. The molecule has 0 saturated heterocycles.